The monoisotopic (exact) mass is 290 g/mol. The number of unbranched alkanes of at least 4 members (excludes halogenated alkanes) is 5. The van der Waals surface area contributed by atoms with Crippen LogP contribution in [0.1, 0.15) is 57.1 Å². The molecule has 1 aromatic rings. The maximum atomic E-state index is 12.5. The molecule has 20 heavy (non-hydrogen) atoms. The summed E-state index contributed by atoms with van der Waals surface area (Å²) in [5.41, 5.74) is 0. The third kappa shape index (κ3) is 6.16. The molecule has 1 N–H and O–H groups in total. The standard InChI is InChI=1S/C13H21F3N4/c1-3-4-5-6-7-8-9-17-12-19-10(2)18-11(20-12)13(14,15)16/h3-9H2,1-2H3,(H,17,18,19,20). The average molecular weight is 290 g/mol. The summed E-state index contributed by atoms with van der Waals surface area (Å²) in [4.78, 5) is 10.6. The zero-order valence-electron chi connectivity index (χ0n) is 11.9. The van der Waals surface area contributed by atoms with E-state index in [1.807, 2.05) is 0 Å². The molecule has 0 radical (unpaired) electrons. The molecule has 1 aromatic heterocycles. The Hall–Kier alpha value is -1.40. The SMILES string of the molecule is CCCCCCCCNc1nc(C)nc(C(F)(F)F)n1. The smallest absolute Gasteiger partial charge is 0.354 e. The highest BCUT2D eigenvalue weighted by molar-refractivity contribution is 5.24. The van der Waals surface area contributed by atoms with Crippen molar-refractivity contribution in [3.63, 3.8) is 0 Å². The van der Waals surface area contributed by atoms with Gasteiger partial charge in [0, 0.05) is 6.54 Å². The van der Waals surface area contributed by atoms with E-state index in [1.165, 1.54) is 26.2 Å². The molecule has 0 saturated carbocycles. The molecular weight excluding hydrogens is 269 g/mol. The molecule has 0 aliphatic rings. The van der Waals surface area contributed by atoms with Crippen molar-refractivity contribution in [2.75, 3.05) is 11.9 Å². The number of hydrogen-bond donors (Lipinski definition) is 1. The Kier molecular flexibility index (Phi) is 6.67. The van der Waals surface area contributed by atoms with Gasteiger partial charge in [0.2, 0.25) is 11.8 Å². The quantitative estimate of drug-likeness (QED) is 0.736. The lowest BCUT2D eigenvalue weighted by Gasteiger charge is -2.09. The lowest BCUT2D eigenvalue weighted by Crippen LogP contribution is -2.16. The van der Waals surface area contributed by atoms with E-state index in [-0.39, 0.29) is 11.8 Å². The molecule has 0 saturated heterocycles. The first-order valence-corrected chi connectivity index (χ1v) is 6.97. The second kappa shape index (κ2) is 8.01. The number of nitrogens with zero attached hydrogens (tertiary/aromatic N) is 3. The molecule has 0 aliphatic heterocycles. The van der Waals surface area contributed by atoms with Crippen LogP contribution in [0.2, 0.25) is 0 Å². The van der Waals surface area contributed by atoms with Crippen molar-refractivity contribution >= 4 is 5.95 Å². The fourth-order valence-corrected chi connectivity index (χ4v) is 1.79. The van der Waals surface area contributed by atoms with Crippen LogP contribution in [0.3, 0.4) is 0 Å². The van der Waals surface area contributed by atoms with Crippen LogP contribution in [0.15, 0.2) is 0 Å². The molecule has 0 fully saturated rings. The van der Waals surface area contributed by atoms with Gasteiger partial charge in [-0.05, 0) is 13.3 Å². The Labute approximate surface area is 117 Å². The van der Waals surface area contributed by atoms with Crippen molar-refractivity contribution in [3.8, 4) is 0 Å². The Morgan fingerprint density at radius 2 is 1.60 bits per heavy atom. The van der Waals surface area contributed by atoms with Gasteiger partial charge in [-0.3, -0.25) is 0 Å². The molecule has 0 aromatic carbocycles. The number of aromatic nitrogens is 3. The first kappa shape index (κ1) is 16.7. The number of anilines is 1. The summed E-state index contributed by atoms with van der Waals surface area (Å²) in [6.45, 7) is 4.16. The fraction of sp³-hybridized carbons (Fsp3) is 0.769. The van der Waals surface area contributed by atoms with E-state index in [1.54, 1.807) is 0 Å². The third-order valence-electron chi connectivity index (χ3n) is 2.81. The Morgan fingerprint density at radius 3 is 2.25 bits per heavy atom. The molecule has 0 atom stereocenters. The second-order valence-electron chi connectivity index (χ2n) is 4.72. The number of rotatable bonds is 8. The van der Waals surface area contributed by atoms with E-state index in [2.05, 4.69) is 27.2 Å². The van der Waals surface area contributed by atoms with Crippen molar-refractivity contribution < 1.29 is 13.2 Å². The van der Waals surface area contributed by atoms with Crippen molar-refractivity contribution in [2.24, 2.45) is 0 Å². The minimum absolute atomic E-state index is 0.00150. The second-order valence-corrected chi connectivity index (χ2v) is 4.72. The third-order valence-corrected chi connectivity index (χ3v) is 2.81. The van der Waals surface area contributed by atoms with Gasteiger partial charge in [-0.25, -0.2) is 4.98 Å². The van der Waals surface area contributed by atoms with Crippen LogP contribution in [-0.4, -0.2) is 21.5 Å². The molecule has 0 aliphatic carbocycles. The highest BCUT2D eigenvalue weighted by Gasteiger charge is 2.35. The Morgan fingerprint density at radius 1 is 0.950 bits per heavy atom. The first-order valence-electron chi connectivity index (χ1n) is 6.97. The van der Waals surface area contributed by atoms with Crippen LogP contribution in [0.25, 0.3) is 0 Å². The normalized spacial score (nSPS) is 11.7. The lowest BCUT2D eigenvalue weighted by atomic mass is 10.1. The van der Waals surface area contributed by atoms with Gasteiger partial charge in [-0.2, -0.15) is 23.1 Å². The summed E-state index contributed by atoms with van der Waals surface area (Å²) in [5, 5.41) is 2.83. The summed E-state index contributed by atoms with van der Waals surface area (Å²) in [5.74, 6) is -1.08. The molecule has 0 bridgehead atoms. The van der Waals surface area contributed by atoms with Crippen LogP contribution < -0.4 is 5.32 Å². The van der Waals surface area contributed by atoms with Gasteiger partial charge in [0.25, 0.3) is 0 Å². The average Bonchev–Trinajstić information content (AvgIpc) is 2.36. The number of hydrogen-bond acceptors (Lipinski definition) is 4. The zero-order valence-corrected chi connectivity index (χ0v) is 11.9. The minimum Gasteiger partial charge on any atom is -0.354 e. The fourth-order valence-electron chi connectivity index (χ4n) is 1.79. The van der Waals surface area contributed by atoms with Crippen LogP contribution in [0.5, 0.6) is 0 Å². The van der Waals surface area contributed by atoms with E-state index in [4.69, 9.17) is 0 Å². The summed E-state index contributed by atoms with van der Waals surface area (Å²) in [6, 6.07) is 0. The topological polar surface area (TPSA) is 50.7 Å². The van der Waals surface area contributed by atoms with Crippen molar-refractivity contribution in [1.29, 1.82) is 0 Å². The molecule has 1 rings (SSSR count). The number of nitrogens with one attached hydrogen (secondary N) is 1. The van der Waals surface area contributed by atoms with Crippen molar-refractivity contribution in [2.45, 2.75) is 58.5 Å². The summed E-state index contributed by atoms with van der Waals surface area (Å²) >= 11 is 0. The summed E-state index contributed by atoms with van der Waals surface area (Å²) in [6.07, 6.45) is 2.21. The molecule has 0 amide bonds. The van der Waals surface area contributed by atoms with E-state index in [0.717, 1.165) is 19.3 Å². The molecule has 0 spiro atoms. The predicted molar refractivity (Wildman–Crippen MR) is 71.4 cm³/mol. The molecule has 4 nitrogen and oxygen atoms in total. The minimum atomic E-state index is -4.54. The van der Waals surface area contributed by atoms with Crippen LogP contribution in [0.4, 0.5) is 19.1 Å². The van der Waals surface area contributed by atoms with Gasteiger partial charge in [0.1, 0.15) is 5.82 Å². The lowest BCUT2D eigenvalue weighted by molar-refractivity contribution is -0.145. The van der Waals surface area contributed by atoms with Gasteiger partial charge >= 0.3 is 6.18 Å². The molecule has 0 unspecified atom stereocenters. The first-order chi connectivity index (χ1) is 9.43. The van der Waals surface area contributed by atoms with E-state index in [9.17, 15) is 13.2 Å². The molecule has 114 valence electrons. The maximum Gasteiger partial charge on any atom is 0.451 e. The highest BCUT2D eigenvalue weighted by atomic mass is 19.4. The van der Waals surface area contributed by atoms with Gasteiger partial charge in [0.05, 0.1) is 0 Å². The van der Waals surface area contributed by atoms with E-state index >= 15 is 0 Å². The number of aryl methyl sites for hydroxylation is 1. The Balaban J connectivity index is 2.39. The van der Waals surface area contributed by atoms with E-state index < -0.39 is 12.0 Å². The summed E-state index contributed by atoms with van der Waals surface area (Å²) in [7, 11) is 0. The van der Waals surface area contributed by atoms with Crippen LogP contribution in [-0.2, 0) is 6.18 Å². The zero-order chi connectivity index (χ0) is 15.0. The van der Waals surface area contributed by atoms with E-state index in [0.29, 0.717) is 6.54 Å². The van der Waals surface area contributed by atoms with Gasteiger partial charge in [-0.15, -0.1) is 0 Å². The summed E-state index contributed by atoms with van der Waals surface area (Å²) < 4.78 is 37.6. The highest BCUT2D eigenvalue weighted by Crippen LogP contribution is 2.26. The predicted octanol–water partition coefficient (Wildman–Crippen LogP) is 3.97. The van der Waals surface area contributed by atoms with Crippen LogP contribution >= 0.6 is 0 Å². The maximum absolute atomic E-state index is 12.5. The number of halogens is 3. The molecular formula is C13H21F3N4. The Bertz CT molecular complexity index is 407. The molecule has 7 heteroatoms. The van der Waals surface area contributed by atoms with Crippen molar-refractivity contribution in [3.05, 3.63) is 11.6 Å². The van der Waals surface area contributed by atoms with Gasteiger partial charge in [0.15, 0.2) is 0 Å². The van der Waals surface area contributed by atoms with Crippen molar-refractivity contribution in [1.82, 2.24) is 15.0 Å². The largest absolute Gasteiger partial charge is 0.451 e. The van der Waals surface area contributed by atoms with Gasteiger partial charge < -0.3 is 5.32 Å². The van der Waals surface area contributed by atoms with Crippen LogP contribution in [0, 0.1) is 6.92 Å². The van der Waals surface area contributed by atoms with Gasteiger partial charge in [-0.1, -0.05) is 39.0 Å². The number of alkyl halides is 3. The molecule has 1 heterocycles.